The number of carbonyl (C=O) groups is 1. The normalized spacial score (nSPS) is 12.7. The van der Waals surface area contributed by atoms with Crippen molar-refractivity contribution < 1.29 is 9.53 Å². The molecule has 106 valence electrons. The van der Waals surface area contributed by atoms with Crippen molar-refractivity contribution in [3.63, 3.8) is 0 Å². The van der Waals surface area contributed by atoms with Gasteiger partial charge in [-0.2, -0.15) is 4.98 Å². The molecule has 0 N–H and O–H groups in total. The van der Waals surface area contributed by atoms with E-state index in [2.05, 4.69) is 9.98 Å². The van der Waals surface area contributed by atoms with Gasteiger partial charge in [0.1, 0.15) is 11.5 Å². The largest absolute Gasteiger partial charge is 0.478 e. The third kappa shape index (κ3) is 2.47. The van der Waals surface area contributed by atoms with Gasteiger partial charge in [-0.05, 0) is 6.92 Å². The lowest BCUT2D eigenvalue weighted by Crippen LogP contribution is -2.25. The maximum Gasteiger partial charge on any atom is 0.352 e. The Kier molecular flexibility index (Phi) is 3.35. The van der Waals surface area contributed by atoms with Crippen LogP contribution in [0.2, 0.25) is 0 Å². The number of aromatic nitrogens is 2. The van der Waals surface area contributed by atoms with E-state index >= 15 is 0 Å². The quantitative estimate of drug-likeness (QED) is 0.799. The fourth-order valence-electron chi connectivity index (χ4n) is 2.14. The van der Waals surface area contributed by atoms with Gasteiger partial charge in [-0.25, -0.2) is 9.79 Å². The average molecular weight is 283 g/mol. The Bertz CT molecular complexity index is 778. The highest BCUT2D eigenvalue weighted by Gasteiger charge is 2.23. The summed E-state index contributed by atoms with van der Waals surface area (Å²) >= 11 is 0. The predicted molar refractivity (Wildman–Crippen MR) is 77.5 cm³/mol. The van der Waals surface area contributed by atoms with E-state index in [0.717, 1.165) is 0 Å². The highest BCUT2D eigenvalue weighted by molar-refractivity contribution is 6.46. The minimum Gasteiger partial charge on any atom is -0.478 e. The molecule has 21 heavy (non-hydrogen) atoms. The lowest BCUT2D eigenvalue weighted by atomic mass is 10.1. The molecular formula is C15H13N3O3. The Morgan fingerprint density at radius 2 is 2.10 bits per heavy atom. The molecule has 0 spiro atoms. The number of carbonyl (C=O) groups excluding carboxylic acids is 1. The molecule has 0 saturated heterocycles. The van der Waals surface area contributed by atoms with Crippen LogP contribution in [0.3, 0.4) is 0 Å². The van der Waals surface area contributed by atoms with E-state index in [1.54, 1.807) is 37.3 Å². The Morgan fingerprint density at radius 3 is 2.81 bits per heavy atom. The molecule has 0 bridgehead atoms. The van der Waals surface area contributed by atoms with Crippen molar-refractivity contribution in [2.75, 3.05) is 6.61 Å². The molecule has 0 fully saturated rings. The average Bonchev–Trinajstić information content (AvgIpc) is 2.92. The zero-order valence-corrected chi connectivity index (χ0v) is 11.4. The second kappa shape index (κ2) is 5.32. The van der Waals surface area contributed by atoms with E-state index in [1.807, 2.05) is 6.07 Å². The molecule has 2 aromatic rings. The van der Waals surface area contributed by atoms with Gasteiger partial charge in [0.25, 0.3) is 0 Å². The molecule has 2 heterocycles. The summed E-state index contributed by atoms with van der Waals surface area (Å²) in [7, 11) is 0. The second-order valence-electron chi connectivity index (χ2n) is 4.51. The van der Waals surface area contributed by atoms with Gasteiger partial charge in [-0.3, -0.25) is 9.36 Å². The van der Waals surface area contributed by atoms with Gasteiger partial charge in [0.2, 0.25) is 11.7 Å². The zero-order chi connectivity index (χ0) is 14.8. The number of ketones is 1. The maximum absolute atomic E-state index is 12.3. The number of nitrogens with zero attached hydrogens (tertiary/aromatic N) is 3. The zero-order valence-electron chi connectivity index (χ0n) is 11.4. The molecule has 0 aliphatic carbocycles. The van der Waals surface area contributed by atoms with Crippen molar-refractivity contribution in [3.05, 3.63) is 52.4 Å². The van der Waals surface area contributed by atoms with E-state index in [9.17, 15) is 9.59 Å². The number of rotatable bonds is 4. The molecule has 1 aliphatic heterocycles. The van der Waals surface area contributed by atoms with Crippen LogP contribution in [0.4, 0.5) is 5.82 Å². The highest BCUT2D eigenvalue weighted by Crippen LogP contribution is 2.22. The van der Waals surface area contributed by atoms with E-state index in [4.69, 9.17) is 4.74 Å². The lowest BCUT2D eigenvalue weighted by molar-refractivity contribution is 0.106. The molecule has 0 unspecified atom stereocenters. The van der Waals surface area contributed by atoms with Crippen molar-refractivity contribution in [3.8, 4) is 5.88 Å². The maximum atomic E-state index is 12.3. The summed E-state index contributed by atoms with van der Waals surface area (Å²) in [6.07, 6.45) is 0. The van der Waals surface area contributed by atoms with Gasteiger partial charge in [-0.1, -0.05) is 30.3 Å². The molecule has 0 radical (unpaired) electrons. The topological polar surface area (TPSA) is 73.6 Å². The Balaban J connectivity index is 1.94. The minimum absolute atomic E-state index is 0.140. The summed E-state index contributed by atoms with van der Waals surface area (Å²) in [5.41, 5.74) is 0.416. The van der Waals surface area contributed by atoms with Gasteiger partial charge in [0.05, 0.1) is 13.2 Å². The molecule has 1 aromatic carbocycles. The number of benzene rings is 1. The Morgan fingerprint density at radius 1 is 1.33 bits per heavy atom. The highest BCUT2D eigenvalue weighted by atomic mass is 16.5. The van der Waals surface area contributed by atoms with Crippen LogP contribution in [0.25, 0.3) is 0 Å². The van der Waals surface area contributed by atoms with Gasteiger partial charge in [0, 0.05) is 11.6 Å². The fourth-order valence-corrected chi connectivity index (χ4v) is 2.14. The third-order valence-electron chi connectivity index (χ3n) is 3.11. The molecule has 0 atom stereocenters. The van der Waals surface area contributed by atoms with Crippen LogP contribution in [-0.2, 0) is 6.54 Å². The van der Waals surface area contributed by atoms with Gasteiger partial charge in [-0.15, -0.1) is 0 Å². The van der Waals surface area contributed by atoms with Crippen molar-refractivity contribution in [1.82, 2.24) is 9.55 Å². The Hall–Kier alpha value is -2.76. The van der Waals surface area contributed by atoms with Crippen molar-refractivity contribution in [2.45, 2.75) is 13.5 Å². The first-order chi connectivity index (χ1) is 10.2. The molecule has 1 aromatic heterocycles. The van der Waals surface area contributed by atoms with Gasteiger partial charge in [0.15, 0.2) is 0 Å². The van der Waals surface area contributed by atoms with E-state index in [-0.39, 0.29) is 18.2 Å². The van der Waals surface area contributed by atoms with Crippen LogP contribution in [0.5, 0.6) is 5.88 Å². The first-order valence-electron chi connectivity index (χ1n) is 6.61. The van der Waals surface area contributed by atoms with Crippen molar-refractivity contribution >= 4 is 17.3 Å². The van der Waals surface area contributed by atoms with E-state index in [1.165, 1.54) is 4.57 Å². The molecule has 6 heteroatoms. The first kappa shape index (κ1) is 13.2. The van der Waals surface area contributed by atoms with Crippen LogP contribution in [0, 0.1) is 0 Å². The molecule has 0 saturated carbocycles. The van der Waals surface area contributed by atoms with Gasteiger partial charge < -0.3 is 4.74 Å². The van der Waals surface area contributed by atoms with Crippen LogP contribution >= 0.6 is 0 Å². The predicted octanol–water partition coefficient (Wildman–Crippen LogP) is 1.61. The summed E-state index contributed by atoms with van der Waals surface area (Å²) in [6, 6.07) is 10.4. The summed E-state index contributed by atoms with van der Waals surface area (Å²) in [5.74, 6) is 0.445. The smallest absolute Gasteiger partial charge is 0.352 e. The molecule has 6 nitrogen and oxygen atoms in total. The Labute approximate surface area is 120 Å². The van der Waals surface area contributed by atoms with Crippen molar-refractivity contribution in [2.24, 2.45) is 4.99 Å². The lowest BCUT2D eigenvalue weighted by Gasteiger charge is -2.04. The fraction of sp³-hybridized carbons (Fsp3) is 0.200. The van der Waals surface area contributed by atoms with Crippen LogP contribution < -0.4 is 10.4 Å². The first-order valence-corrected chi connectivity index (χ1v) is 6.61. The molecule has 0 amide bonds. The van der Waals surface area contributed by atoms with E-state index < -0.39 is 5.69 Å². The molecule has 3 rings (SSSR count). The molecule has 1 aliphatic rings. The number of fused-ring (bicyclic) bond motifs is 1. The number of Topliss-reactive ketones (excluding diaryl/α,β-unsaturated/α-hetero) is 1. The molecular weight excluding hydrogens is 270 g/mol. The van der Waals surface area contributed by atoms with Crippen LogP contribution in [0.15, 0.2) is 46.2 Å². The SMILES string of the molecule is CCOc1cc2n(c(=O)n1)CC(C(=O)c1ccccc1)=N2. The standard InChI is InChI=1S/C15H13N3O3/c1-2-21-13-8-12-16-11(9-18(12)15(20)17-13)14(19)10-6-4-3-5-7-10/h3-8H,2,9H2,1H3. The summed E-state index contributed by atoms with van der Waals surface area (Å²) in [5, 5.41) is 0. The van der Waals surface area contributed by atoms with E-state index in [0.29, 0.717) is 23.7 Å². The second-order valence-corrected chi connectivity index (χ2v) is 4.51. The number of ether oxygens (including phenoxy) is 1. The minimum atomic E-state index is -0.462. The summed E-state index contributed by atoms with van der Waals surface area (Å²) in [6.45, 7) is 2.36. The monoisotopic (exact) mass is 283 g/mol. The number of aliphatic imine (C=N–C) groups is 1. The van der Waals surface area contributed by atoms with Crippen LogP contribution in [-0.4, -0.2) is 27.7 Å². The summed E-state index contributed by atoms with van der Waals surface area (Å²) in [4.78, 5) is 32.3. The summed E-state index contributed by atoms with van der Waals surface area (Å²) < 4.78 is 6.57. The number of hydrogen-bond acceptors (Lipinski definition) is 5. The van der Waals surface area contributed by atoms with Gasteiger partial charge >= 0.3 is 5.69 Å². The third-order valence-corrected chi connectivity index (χ3v) is 3.11. The van der Waals surface area contributed by atoms with Crippen molar-refractivity contribution in [1.29, 1.82) is 0 Å². The van der Waals surface area contributed by atoms with Crippen LogP contribution in [0.1, 0.15) is 17.3 Å². The number of hydrogen-bond donors (Lipinski definition) is 0.